The standard InChI is InChI=1S/C14H14Cl2N2S/c15-9-5-6-10(11(16)7-9)12-13(17)19-14(18-12)8-3-1-2-4-8/h5-8H,1-4,17H2. The number of hydrogen-bond acceptors (Lipinski definition) is 3. The summed E-state index contributed by atoms with van der Waals surface area (Å²) in [6.45, 7) is 0. The van der Waals surface area contributed by atoms with Crippen LogP contribution in [0.25, 0.3) is 11.3 Å². The summed E-state index contributed by atoms with van der Waals surface area (Å²) in [5, 5.41) is 3.11. The zero-order chi connectivity index (χ0) is 13.4. The van der Waals surface area contributed by atoms with Crippen molar-refractivity contribution in [2.75, 3.05) is 5.73 Å². The topological polar surface area (TPSA) is 38.9 Å². The van der Waals surface area contributed by atoms with Crippen LogP contribution in [0.2, 0.25) is 10.0 Å². The number of anilines is 1. The molecule has 1 aromatic heterocycles. The lowest BCUT2D eigenvalue weighted by Gasteiger charge is -2.04. The molecule has 100 valence electrons. The Balaban J connectivity index is 2.00. The zero-order valence-electron chi connectivity index (χ0n) is 10.3. The number of halogens is 2. The Hall–Kier alpha value is -0.770. The second-order valence-electron chi connectivity index (χ2n) is 4.87. The molecule has 1 aliphatic rings. The van der Waals surface area contributed by atoms with Crippen molar-refractivity contribution in [1.82, 2.24) is 4.98 Å². The van der Waals surface area contributed by atoms with Crippen LogP contribution >= 0.6 is 34.5 Å². The van der Waals surface area contributed by atoms with Gasteiger partial charge in [-0.05, 0) is 31.0 Å². The molecule has 1 saturated carbocycles. The fraction of sp³-hybridized carbons (Fsp3) is 0.357. The molecule has 5 heteroatoms. The van der Waals surface area contributed by atoms with Gasteiger partial charge in [0, 0.05) is 16.5 Å². The van der Waals surface area contributed by atoms with Gasteiger partial charge in [0.15, 0.2) is 0 Å². The Morgan fingerprint density at radius 2 is 1.95 bits per heavy atom. The molecule has 0 atom stereocenters. The summed E-state index contributed by atoms with van der Waals surface area (Å²) in [7, 11) is 0. The van der Waals surface area contributed by atoms with Gasteiger partial charge in [-0.2, -0.15) is 0 Å². The van der Waals surface area contributed by atoms with E-state index in [1.54, 1.807) is 17.4 Å². The minimum atomic E-state index is 0.576. The van der Waals surface area contributed by atoms with Crippen LogP contribution in [0.5, 0.6) is 0 Å². The lowest BCUT2D eigenvalue weighted by atomic mass is 10.1. The van der Waals surface area contributed by atoms with E-state index in [9.17, 15) is 0 Å². The molecule has 1 aliphatic carbocycles. The molecule has 1 aromatic carbocycles. The first-order chi connectivity index (χ1) is 9.15. The molecule has 1 heterocycles. The first-order valence-electron chi connectivity index (χ1n) is 6.37. The van der Waals surface area contributed by atoms with Gasteiger partial charge in [0.25, 0.3) is 0 Å². The average molecular weight is 313 g/mol. The molecule has 2 aromatic rings. The quantitative estimate of drug-likeness (QED) is 0.811. The normalized spacial score (nSPS) is 16.1. The second kappa shape index (κ2) is 5.31. The van der Waals surface area contributed by atoms with E-state index in [1.165, 1.54) is 25.7 Å². The van der Waals surface area contributed by atoms with Crippen LogP contribution in [-0.2, 0) is 0 Å². The number of nitrogens with two attached hydrogens (primary N) is 1. The number of rotatable bonds is 2. The number of aromatic nitrogens is 1. The Morgan fingerprint density at radius 1 is 1.21 bits per heavy atom. The van der Waals surface area contributed by atoms with E-state index in [4.69, 9.17) is 33.9 Å². The van der Waals surface area contributed by atoms with Crippen LogP contribution in [-0.4, -0.2) is 4.98 Å². The molecule has 3 rings (SSSR count). The minimum Gasteiger partial charge on any atom is -0.389 e. The summed E-state index contributed by atoms with van der Waals surface area (Å²) >= 11 is 13.7. The van der Waals surface area contributed by atoms with Crippen LogP contribution in [0, 0.1) is 0 Å². The van der Waals surface area contributed by atoms with Crippen molar-refractivity contribution >= 4 is 39.5 Å². The Morgan fingerprint density at radius 3 is 2.63 bits per heavy atom. The highest BCUT2D eigenvalue weighted by atomic mass is 35.5. The molecule has 0 bridgehead atoms. The second-order valence-corrected chi connectivity index (χ2v) is 6.78. The van der Waals surface area contributed by atoms with Crippen LogP contribution < -0.4 is 5.73 Å². The summed E-state index contributed by atoms with van der Waals surface area (Å²) in [5.41, 5.74) is 7.78. The highest BCUT2D eigenvalue weighted by Gasteiger charge is 2.23. The highest BCUT2D eigenvalue weighted by molar-refractivity contribution is 7.16. The predicted octanol–water partition coefficient (Wildman–Crippen LogP) is 5.36. The zero-order valence-corrected chi connectivity index (χ0v) is 12.7. The monoisotopic (exact) mass is 312 g/mol. The molecule has 2 nitrogen and oxygen atoms in total. The third-order valence-corrected chi connectivity index (χ3v) is 5.16. The van der Waals surface area contributed by atoms with Crippen molar-refractivity contribution in [3.8, 4) is 11.3 Å². The lowest BCUT2D eigenvalue weighted by molar-refractivity contribution is 0.717. The van der Waals surface area contributed by atoms with E-state index in [-0.39, 0.29) is 0 Å². The van der Waals surface area contributed by atoms with E-state index in [2.05, 4.69) is 0 Å². The van der Waals surface area contributed by atoms with Gasteiger partial charge in [0.2, 0.25) is 0 Å². The number of thiazole rings is 1. The van der Waals surface area contributed by atoms with Gasteiger partial charge in [0.05, 0.1) is 10.0 Å². The van der Waals surface area contributed by atoms with Crippen molar-refractivity contribution in [3.63, 3.8) is 0 Å². The van der Waals surface area contributed by atoms with Crippen LogP contribution in [0.3, 0.4) is 0 Å². The van der Waals surface area contributed by atoms with E-state index < -0.39 is 0 Å². The van der Waals surface area contributed by atoms with Gasteiger partial charge in [-0.15, -0.1) is 11.3 Å². The summed E-state index contributed by atoms with van der Waals surface area (Å²) in [4.78, 5) is 4.72. The molecular weight excluding hydrogens is 299 g/mol. The van der Waals surface area contributed by atoms with Crippen molar-refractivity contribution in [3.05, 3.63) is 33.3 Å². The number of nitrogen functional groups attached to an aromatic ring is 1. The van der Waals surface area contributed by atoms with Gasteiger partial charge >= 0.3 is 0 Å². The lowest BCUT2D eigenvalue weighted by Crippen LogP contribution is -1.91. The summed E-state index contributed by atoms with van der Waals surface area (Å²) in [6.07, 6.45) is 5.03. The molecule has 0 amide bonds. The Kier molecular flexibility index (Phi) is 3.70. The molecule has 2 N–H and O–H groups in total. The van der Waals surface area contributed by atoms with Crippen molar-refractivity contribution < 1.29 is 0 Å². The summed E-state index contributed by atoms with van der Waals surface area (Å²) in [5.74, 6) is 0.576. The Labute approximate surface area is 126 Å². The maximum absolute atomic E-state index is 6.23. The third-order valence-electron chi connectivity index (χ3n) is 3.56. The fourth-order valence-corrected chi connectivity index (χ4v) is 4.09. The van der Waals surface area contributed by atoms with Crippen LogP contribution in [0.15, 0.2) is 18.2 Å². The fourth-order valence-electron chi connectivity index (χ4n) is 2.57. The Bertz CT molecular complexity index is 603. The summed E-state index contributed by atoms with van der Waals surface area (Å²) < 4.78 is 0. The number of nitrogens with zero attached hydrogens (tertiary/aromatic N) is 1. The largest absolute Gasteiger partial charge is 0.389 e. The van der Waals surface area contributed by atoms with Crippen molar-refractivity contribution in [2.24, 2.45) is 0 Å². The average Bonchev–Trinajstić information content (AvgIpc) is 2.98. The van der Waals surface area contributed by atoms with Gasteiger partial charge in [-0.3, -0.25) is 0 Å². The molecular formula is C14H14Cl2N2S. The molecule has 0 radical (unpaired) electrons. The predicted molar refractivity (Wildman–Crippen MR) is 83.2 cm³/mol. The maximum atomic E-state index is 6.23. The molecule has 0 aliphatic heterocycles. The van der Waals surface area contributed by atoms with Crippen molar-refractivity contribution in [1.29, 1.82) is 0 Å². The van der Waals surface area contributed by atoms with Gasteiger partial charge < -0.3 is 5.73 Å². The summed E-state index contributed by atoms with van der Waals surface area (Å²) in [6, 6.07) is 5.43. The van der Waals surface area contributed by atoms with Gasteiger partial charge in [-0.1, -0.05) is 36.0 Å². The van der Waals surface area contributed by atoms with Crippen molar-refractivity contribution in [2.45, 2.75) is 31.6 Å². The molecule has 0 saturated heterocycles. The van der Waals surface area contributed by atoms with E-state index in [0.717, 1.165) is 21.3 Å². The minimum absolute atomic E-state index is 0.576. The SMILES string of the molecule is Nc1sc(C2CCCC2)nc1-c1ccc(Cl)cc1Cl. The third kappa shape index (κ3) is 2.60. The van der Waals surface area contributed by atoms with E-state index >= 15 is 0 Å². The van der Waals surface area contributed by atoms with E-state index in [0.29, 0.717) is 16.0 Å². The van der Waals surface area contributed by atoms with Crippen LogP contribution in [0.4, 0.5) is 5.00 Å². The molecule has 0 spiro atoms. The van der Waals surface area contributed by atoms with Gasteiger partial charge in [-0.25, -0.2) is 4.98 Å². The molecule has 1 fully saturated rings. The molecule has 0 unspecified atom stereocenters. The maximum Gasteiger partial charge on any atom is 0.114 e. The molecule has 19 heavy (non-hydrogen) atoms. The highest BCUT2D eigenvalue weighted by Crippen LogP contribution is 2.42. The van der Waals surface area contributed by atoms with Gasteiger partial charge in [0.1, 0.15) is 10.7 Å². The van der Waals surface area contributed by atoms with E-state index in [1.807, 2.05) is 12.1 Å². The first kappa shape index (κ1) is 13.2. The smallest absolute Gasteiger partial charge is 0.114 e. The first-order valence-corrected chi connectivity index (χ1v) is 7.94. The number of hydrogen-bond donors (Lipinski definition) is 1. The number of benzene rings is 1. The van der Waals surface area contributed by atoms with Crippen LogP contribution in [0.1, 0.15) is 36.6 Å².